The predicted molar refractivity (Wildman–Crippen MR) is 113 cm³/mol. The Labute approximate surface area is 166 Å². The van der Waals surface area contributed by atoms with E-state index in [1.54, 1.807) is 22.3 Å². The van der Waals surface area contributed by atoms with Crippen LogP contribution in [0.15, 0.2) is 22.3 Å². The highest BCUT2D eigenvalue weighted by Gasteiger charge is 2.50. The highest BCUT2D eigenvalue weighted by molar-refractivity contribution is 6.43. The van der Waals surface area contributed by atoms with Crippen molar-refractivity contribution in [1.82, 2.24) is 0 Å². The van der Waals surface area contributed by atoms with Crippen molar-refractivity contribution in [3.8, 4) is 0 Å². The van der Waals surface area contributed by atoms with Crippen molar-refractivity contribution in [1.29, 1.82) is 0 Å². The first kappa shape index (κ1) is 19.8. The van der Waals surface area contributed by atoms with Crippen LogP contribution in [-0.4, -0.2) is 17.2 Å². The van der Waals surface area contributed by atoms with E-state index in [-0.39, 0.29) is 5.82 Å². The second kappa shape index (κ2) is 6.49. The molecule has 0 saturated heterocycles. The van der Waals surface area contributed by atoms with Crippen molar-refractivity contribution in [3.63, 3.8) is 0 Å². The number of hydrogen-bond acceptors (Lipinski definition) is 2. The van der Waals surface area contributed by atoms with E-state index in [1.165, 1.54) is 25.7 Å². The van der Waals surface area contributed by atoms with E-state index in [9.17, 15) is 10.0 Å². The van der Waals surface area contributed by atoms with Crippen LogP contribution in [0, 0.1) is 34.5 Å². The van der Waals surface area contributed by atoms with Gasteiger partial charge >= 0.3 is 7.12 Å². The molecule has 0 bridgehead atoms. The van der Waals surface area contributed by atoms with Gasteiger partial charge in [0.25, 0.3) is 0 Å². The maximum absolute atomic E-state index is 9.83. The fourth-order valence-electron chi connectivity index (χ4n) is 6.65. The predicted octanol–water partition coefficient (Wildman–Crippen LogP) is 5.76. The zero-order valence-corrected chi connectivity index (χ0v) is 18.3. The largest absolute Gasteiger partial charge is 0.455 e. The Kier molecular flexibility index (Phi) is 4.75. The third-order valence-electron chi connectivity index (χ3n) is 8.58. The molecule has 0 saturated carbocycles. The molecule has 4 aliphatic rings. The van der Waals surface area contributed by atoms with E-state index in [0.717, 1.165) is 31.1 Å². The van der Waals surface area contributed by atoms with Crippen LogP contribution in [0.25, 0.3) is 0 Å². The Hall–Kier alpha value is -0.535. The number of fused-ring (bicyclic) bond motifs is 2. The molecule has 0 fully saturated rings. The van der Waals surface area contributed by atoms with Crippen molar-refractivity contribution < 1.29 is 10.0 Å². The molecule has 0 aromatic carbocycles. The molecule has 0 aromatic rings. The molecule has 0 spiro atoms. The average molecular weight is 370 g/mol. The molecule has 5 atom stereocenters. The first-order valence-corrected chi connectivity index (χ1v) is 11.3. The van der Waals surface area contributed by atoms with E-state index in [2.05, 4.69) is 41.5 Å². The normalized spacial score (nSPS) is 36.7. The van der Waals surface area contributed by atoms with Crippen molar-refractivity contribution in [2.45, 2.75) is 92.3 Å². The van der Waals surface area contributed by atoms with Gasteiger partial charge in [-0.15, -0.1) is 0 Å². The molecule has 4 aliphatic carbocycles. The Morgan fingerprint density at radius 3 is 1.78 bits per heavy atom. The second-order valence-electron chi connectivity index (χ2n) is 12.1. The molecule has 2 nitrogen and oxygen atoms in total. The van der Waals surface area contributed by atoms with Gasteiger partial charge in [-0.25, -0.2) is 0 Å². The SMILES string of the molecule is CC(C)(C)C1CC2=C3C(C1)C1=C(CC(B(O)O)CC1)C3CC(C(C)(C)C)C2. The van der Waals surface area contributed by atoms with E-state index < -0.39 is 7.12 Å². The van der Waals surface area contributed by atoms with Gasteiger partial charge in [0.2, 0.25) is 0 Å². The third-order valence-corrected chi connectivity index (χ3v) is 8.58. The lowest BCUT2D eigenvalue weighted by Crippen LogP contribution is -2.35. The Bertz CT molecular complexity index is 669. The summed E-state index contributed by atoms with van der Waals surface area (Å²) in [5, 5.41) is 19.7. The molecule has 2 N–H and O–H groups in total. The van der Waals surface area contributed by atoms with Gasteiger partial charge in [-0.05, 0) is 73.4 Å². The maximum Gasteiger partial charge on any atom is 0.455 e. The average Bonchev–Trinajstić information content (AvgIpc) is 2.88. The Morgan fingerprint density at radius 1 is 0.778 bits per heavy atom. The summed E-state index contributed by atoms with van der Waals surface area (Å²) < 4.78 is 0. The van der Waals surface area contributed by atoms with Crippen molar-refractivity contribution in [2.24, 2.45) is 34.5 Å². The molecule has 4 rings (SSSR count). The molecular formula is C24H39BO2. The summed E-state index contributed by atoms with van der Waals surface area (Å²) in [6, 6.07) is 0. The third kappa shape index (κ3) is 3.37. The van der Waals surface area contributed by atoms with Crippen molar-refractivity contribution in [3.05, 3.63) is 22.3 Å². The van der Waals surface area contributed by atoms with Crippen LogP contribution in [0.4, 0.5) is 0 Å². The quantitative estimate of drug-likeness (QED) is 0.455. The minimum Gasteiger partial charge on any atom is -0.427 e. The molecular weight excluding hydrogens is 331 g/mol. The summed E-state index contributed by atoms with van der Waals surface area (Å²) in [6.45, 7) is 14.5. The van der Waals surface area contributed by atoms with Crippen LogP contribution in [0.3, 0.4) is 0 Å². The fraction of sp³-hybridized carbons (Fsp3) is 0.833. The van der Waals surface area contributed by atoms with Crippen LogP contribution in [-0.2, 0) is 0 Å². The van der Waals surface area contributed by atoms with Gasteiger partial charge in [0.15, 0.2) is 0 Å². The molecule has 0 radical (unpaired) electrons. The number of hydrogen-bond donors (Lipinski definition) is 2. The van der Waals surface area contributed by atoms with Gasteiger partial charge in [0.1, 0.15) is 0 Å². The molecule has 3 heteroatoms. The summed E-state index contributed by atoms with van der Waals surface area (Å²) in [6.07, 6.45) is 8.16. The Morgan fingerprint density at radius 2 is 1.30 bits per heavy atom. The van der Waals surface area contributed by atoms with Crippen LogP contribution < -0.4 is 0 Å². The monoisotopic (exact) mass is 370 g/mol. The molecule has 150 valence electrons. The van der Waals surface area contributed by atoms with Crippen molar-refractivity contribution >= 4 is 7.12 Å². The lowest BCUT2D eigenvalue weighted by atomic mass is 9.59. The summed E-state index contributed by atoms with van der Waals surface area (Å²) >= 11 is 0. The zero-order valence-electron chi connectivity index (χ0n) is 18.3. The molecule has 0 aliphatic heterocycles. The smallest absolute Gasteiger partial charge is 0.427 e. The zero-order chi connectivity index (χ0) is 19.7. The van der Waals surface area contributed by atoms with Gasteiger partial charge in [-0.1, -0.05) is 63.8 Å². The van der Waals surface area contributed by atoms with Crippen LogP contribution in [0.5, 0.6) is 0 Å². The minimum atomic E-state index is -1.15. The first-order valence-electron chi connectivity index (χ1n) is 11.3. The molecule has 0 amide bonds. The first-order chi connectivity index (χ1) is 12.5. The van der Waals surface area contributed by atoms with E-state index in [1.807, 2.05) is 0 Å². The lowest BCUT2D eigenvalue weighted by Gasteiger charge is -2.46. The summed E-state index contributed by atoms with van der Waals surface area (Å²) in [4.78, 5) is 0. The van der Waals surface area contributed by atoms with Crippen LogP contribution in [0.2, 0.25) is 5.82 Å². The molecule has 0 heterocycles. The van der Waals surface area contributed by atoms with Gasteiger partial charge in [-0.2, -0.15) is 0 Å². The molecule has 27 heavy (non-hydrogen) atoms. The van der Waals surface area contributed by atoms with E-state index >= 15 is 0 Å². The van der Waals surface area contributed by atoms with Crippen LogP contribution in [0.1, 0.15) is 86.5 Å². The van der Waals surface area contributed by atoms with Crippen molar-refractivity contribution in [2.75, 3.05) is 0 Å². The van der Waals surface area contributed by atoms with E-state index in [0.29, 0.717) is 22.7 Å². The lowest BCUT2D eigenvalue weighted by molar-refractivity contribution is 0.158. The van der Waals surface area contributed by atoms with Gasteiger partial charge in [0, 0.05) is 11.8 Å². The van der Waals surface area contributed by atoms with E-state index in [4.69, 9.17) is 0 Å². The minimum absolute atomic E-state index is 0.0429. The summed E-state index contributed by atoms with van der Waals surface area (Å²) in [5.41, 5.74) is 7.64. The standard InChI is InChI=1S/C24H39BO2/c1-23(2,3)15-9-14-10-16(24(4,5)6)12-21-19-13-17(25(26)27)7-8-18(19)20(11-15)22(14)21/h15-17,20-21,26-27H,7-13H2,1-6H3. The van der Waals surface area contributed by atoms with Crippen LogP contribution >= 0.6 is 0 Å². The second-order valence-corrected chi connectivity index (χ2v) is 12.1. The number of rotatable bonds is 1. The molecule has 5 unspecified atom stereocenters. The highest BCUT2D eigenvalue weighted by Crippen LogP contribution is 2.62. The molecule has 0 aromatic heterocycles. The van der Waals surface area contributed by atoms with Gasteiger partial charge in [-0.3, -0.25) is 0 Å². The topological polar surface area (TPSA) is 40.5 Å². The Balaban J connectivity index is 1.75. The fourth-order valence-corrected chi connectivity index (χ4v) is 6.65. The summed E-state index contributed by atoms with van der Waals surface area (Å²) in [7, 11) is -1.15. The van der Waals surface area contributed by atoms with Gasteiger partial charge in [0.05, 0.1) is 0 Å². The highest BCUT2D eigenvalue weighted by atomic mass is 16.4. The van der Waals surface area contributed by atoms with Gasteiger partial charge < -0.3 is 10.0 Å². The summed E-state index contributed by atoms with van der Waals surface area (Å²) in [5.74, 6) is 2.85. The number of allylic oxidation sites excluding steroid dienone is 4. The maximum atomic E-state index is 9.83.